The minimum absolute atomic E-state index is 0.00812. The Morgan fingerprint density at radius 2 is 1.38 bits per heavy atom. The van der Waals surface area contributed by atoms with E-state index in [4.69, 9.17) is 4.43 Å². The fraction of sp³-hybridized carbons (Fsp3) is 0.333. The summed E-state index contributed by atoms with van der Waals surface area (Å²) in [4.78, 5) is 0. The van der Waals surface area contributed by atoms with E-state index in [-0.39, 0.29) is 6.10 Å². The molecule has 0 aliphatic rings. The highest BCUT2D eigenvalue weighted by Gasteiger charge is 2.23. The summed E-state index contributed by atoms with van der Waals surface area (Å²) in [7, 11) is -1.62. The SMILES string of the molecule is CC(O[Si](C)(C)C)c1ccccc1C(O)c1ccccc1. The highest BCUT2D eigenvalue weighted by molar-refractivity contribution is 6.69. The maximum atomic E-state index is 10.7. The molecule has 112 valence electrons. The van der Waals surface area contributed by atoms with Crippen LogP contribution in [0.3, 0.4) is 0 Å². The van der Waals surface area contributed by atoms with Crippen molar-refractivity contribution in [3.05, 3.63) is 71.3 Å². The Hall–Kier alpha value is -1.42. The molecule has 3 heteroatoms. The van der Waals surface area contributed by atoms with Gasteiger partial charge in [0.25, 0.3) is 0 Å². The Morgan fingerprint density at radius 1 is 0.857 bits per heavy atom. The standard InChI is InChI=1S/C18H24O2Si/c1-14(20-21(2,3)4)16-12-8-9-13-17(16)18(19)15-10-6-5-7-11-15/h5-14,18-19H,1-4H3. The third-order valence-electron chi connectivity index (χ3n) is 3.37. The molecule has 0 saturated heterocycles. The van der Waals surface area contributed by atoms with Gasteiger partial charge in [0.15, 0.2) is 8.32 Å². The lowest BCUT2D eigenvalue weighted by Gasteiger charge is -2.26. The normalized spacial score (nSPS) is 14.7. The van der Waals surface area contributed by atoms with Crippen LogP contribution in [-0.2, 0) is 4.43 Å². The average Bonchev–Trinajstić information content (AvgIpc) is 2.45. The van der Waals surface area contributed by atoms with Gasteiger partial charge in [0.2, 0.25) is 0 Å². The van der Waals surface area contributed by atoms with Crippen LogP contribution in [0.25, 0.3) is 0 Å². The van der Waals surface area contributed by atoms with Gasteiger partial charge in [0.1, 0.15) is 6.10 Å². The molecule has 0 amide bonds. The van der Waals surface area contributed by atoms with Crippen LogP contribution in [0.1, 0.15) is 35.8 Å². The maximum absolute atomic E-state index is 10.7. The van der Waals surface area contributed by atoms with Crippen LogP contribution >= 0.6 is 0 Å². The molecule has 0 fully saturated rings. The summed E-state index contributed by atoms with van der Waals surface area (Å²) in [6, 6.07) is 17.7. The third-order valence-corrected chi connectivity index (χ3v) is 4.43. The third kappa shape index (κ3) is 4.27. The van der Waals surface area contributed by atoms with Gasteiger partial charge in [0.05, 0.1) is 6.10 Å². The van der Waals surface area contributed by atoms with Gasteiger partial charge in [-0.2, -0.15) is 0 Å². The van der Waals surface area contributed by atoms with E-state index in [0.29, 0.717) is 0 Å². The van der Waals surface area contributed by atoms with Gasteiger partial charge in [-0.25, -0.2) is 0 Å². The van der Waals surface area contributed by atoms with E-state index in [9.17, 15) is 5.11 Å². The molecule has 2 aromatic rings. The van der Waals surface area contributed by atoms with Gasteiger partial charge in [-0.05, 0) is 43.3 Å². The van der Waals surface area contributed by atoms with Crippen LogP contribution in [0.5, 0.6) is 0 Å². The molecule has 2 aromatic carbocycles. The van der Waals surface area contributed by atoms with E-state index in [1.54, 1.807) is 0 Å². The Bertz CT molecular complexity index is 575. The highest BCUT2D eigenvalue weighted by Crippen LogP contribution is 2.31. The molecule has 0 radical (unpaired) electrons. The number of aliphatic hydroxyl groups is 1. The Labute approximate surface area is 128 Å². The second-order valence-corrected chi connectivity index (χ2v) is 10.8. The molecule has 0 heterocycles. The molecule has 0 aromatic heterocycles. The minimum Gasteiger partial charge on any atom is -0.411 e. The molecule has 0 spiro atoms. The lowest BCUT2D eigenvalue weighted by Crippen LogP contribution is -2.27. The fourth-order valence-corrected chi connectivity index (χ4v) is 3.73. The van der Waals surface area contributed by atoms with Crippen LogP contribution in [0.2, 0.25) is 19.6 Å². The highest BCUT2D eigenvalue weighted by atomic mass is 28.4. The number of aliphatic hydroxyl groups excluding tert-OH is 1. The van der Waals surface area contributed by atoms with Crippen molar-refractivity contribution in [2.45, 2.75) is 38.8 Å². The van der Waals surface area contributed by atoms with Crippen molar-refractivity contribution in [3.8, 4) is 0 Å². The first-order valence-corrected chi connectivity index (χ1v) is 10.8. The summed E-state index contributed by atoms with van der Waals surface area (Å²) >= 11 is 0. The van der Waals surface area contributed by atoms with Crippen molar-refractivity contribution in [1.29, 1.82) is 0 Å². The molecule has 0 aliphatic heterocycles. The number of benzene rings is 2. The molecular formula is C18H24O2Si. The molecule has 0 bridgehead atoms. The van der Waals surface area contributed by atoms with Crippen molar-refractivity contribution >= 4 is 8.32 Å². The largest absolute Gasteiger partial charge is 0.411 e. The zero-order valence-electron chi connectivity index (χ0n) is 13.2. The first kappa shape index (κ1) is 16.0. The number of rotatable bonds is 5. The number of hydrogen-bond acceptors (Lipinski definition) is 2. The van der Waals surface area contributed by atoms with Gasteiger partial charge in [-0.3, -0.25) is 0 Å². The van der Waals surface area contributed by atoms with Crippen molar-refractivity contribution in [3.63, 3.8) is 0 Å². The molecule has 0 aliphatic carbocycles. The Morgan fingerprint density at radius 3 is 1.95 bits per heavy atom. The second kappa shape index (κ2) is 6.56. The average molecular weight is 300 g/mol. The summed E-state index contributed by atoms with van der Waals surface area (Å²) in [5.41, 5.74) is 2.90. The molecule has 2 unspecified atom stereocenters. The quantitative estimate of drug-likeness (QED) is 0.812. The van der Waals surface area contributed by atoms with Crippen LogP contribution in [0, 0.1) is 0 Å². The van der Waals surface area contributed by atoms with Crippen molar-refractivity contribution in [2.75, 3.05) is 0 Å². The molecule has 0 saturated carbocycles. The summed E-state index contributed by atoms with van der Waals surface area (Å²) in [5.74, 6) is 0. The predicted octanol–water partition coefficient (Wildman–Crippen LogP) is 4.68. The van der Waals surface area contributed by atoms with Crippen molar-refractivity contribution in [1.82, 2.24) is 0 Å². The van der Waals surface area contributed by atoms with E-state index in [1.165, 1.54) is 0 Å². The minimum atomic E-state index is -1.62. The smallest absolute Gasteiger partial charge is 0.184 e. The summed E-state index contributed by atoms with van der Waals surface area (Å²) in [5, 5.41) is 10.7. The van der Waals surface area contributed by atoms with Crippen LogP contribution < -0.4 is 0 Å². The number of hydrogen-bond donors (Lipinski definition) is 1. The van der Waals surface area contributed by atoms with Gasteiger partial charge < -0.3 is 9.53 Å². The summed E-state index contributed by atoms with van der Waals surface area (Å²) in [6.45, 7) is 8.61. The van der Waals surface area contributed by atoms with E-state index in [1.807, 2.05) is 54.6 Å². The maximum Gasteiger partial charge on any atom is 0.184 e. The van der Waals surface area contributed by atoms with Crippen LogP contribution in [0.15, 0.2) is 54.6 Å². The topological polar surface area (TPSA) is 29.5 Å². The predicted molar refractivity (Wildman–Crippen MR) is 89.8 cm³/mol. The lowest BCUT2D eigenvalue weighted by atomic mass is 9.94. The Kier molecular flexibility index (Phi) is 4.98. The van der Waals surface area contributed by atoms with Crippen molar-refractivity contribution in [2.24, 2.45) is 0 Å². The van der Waals surface area contributed by atoms with Gasteiger partial charge >= 0.3 is 0 Å². The fourth-order valence-electron chi connectivity index (χ4n) is 2.54. The van der Waals surface area contributed by atoms with E-state index < -0.39 is 14.4 Å². The zero-order chi connectivity index (χ0) is 15.5. The van der Waals surface area contributed by atoms with Crippen molar-refractivity contribution < 1.29 is 9.53 Å². The van der Waals surface area contributed by atoms with Gasteiger partial charge in [-0.15, -0.1) is 0 Å². The van der Waals surface area contributed by atoms with E-state index in [2.05, 4.69) is 26.6 Å². The molecular weight excluding hydrogens is 276 g/mol. The first-order valence-electron chi connectivity index (χ1n) is 7.38. The van der Waals surface area contributed by atoms with E-state index >= 15 is 0 Å². The molecule has 1 N–H and O–H groups in total. The van der Waals surface area contributed by atoms with Crippen LogP contribution in [-0.4, -0.2) is 13.4 Å². The first-order chi connectivity index (χ1) is 9.88. The monoisotopic (exact) mass is 300 g/mol. The second-order valence-electron chi connectivity index (χ2n) is 6.31. The Balaban J connectivity index is 2.33. The molecule has 2 atom stereocenters. The summed E-state index contributed by atoms with van der Waals surface area (Å²) < 4.78 is 6.18. The van der Waals surface area contributed by atoms with E-state index in [0.717, 1.165) is 16.7 Å². The summed E-state index contributed by atoms with van der Waals surface area (Å²) in [6.07, 6.45) is -0.624. The zero-order valence-corrected chi connectivity index (χ0v) is 14.2. The molecule has 21 heavy (non-hydrogen) atoms. The lowest BCUT2D eigenvalue weighted by molar-refractivity contribution is 0.196. The van der Waals surface area contributed by atoms with Gasteiger partial charge in [-0.1, -0.05) is 54.6 Å². The van der Waals surface area contributed by atoms with Crippen LogP contribution in [0.4, 0.5) is 0 Å². The molecule has 2 nitrogen and oxygen atoms in total. The molecule has 2 rings (SSSR count). The van der Waals surface area contributed by atoms with Gasteiger partial charge in [0, 0.05) is 0 Å².